The number of rotatable bonds is 6. The second-order valence-corrected chi connectivity index (χ2v) is 6.16. The molecule has 3 N–H and O–H groups in total. The van der Waals surface area contributed by atoms with E-state index in [1.807, 2.05) is 11.3 Å². The summed E-state index contributed by atoms with van der Waals surface area (Å²) < 4.78 is 5.77. The largest absolute Gasteiger partial charge is 0.493 e. The number of ether oxygens (including phenoxy) is 1. The summed E-state index contributed by atoms with van der Waals surface area (Å²) in [4.78, 5) is 1.44. The SMILES string of the molecule is NNC(CCCc1cccs1)c1cccc2c1OCC2. The molecule has 0 aliphatic carbocycles. The van der Waals surface area contributed by atoms with Crippen LogP contribution >= 0.6 is 11.3 Å². The molecule has 0 radical (unpaired) electrons. The Bertz CT molecular complexity index is 554. The van der Waals surface area contributed by atoms with Crippen molar-refractivity contribution in [1.82, 2.24) is 5.43 Å². The Morgan fingerprint density at radius 2 is 2.25 bits per heavy atom. The number of hydrazine groups is 1. The fourth-order valence-electron chi connectivity index (χ4n) is 2.78. The summed E-state index contributed by atoms with van der Waals surface area (Å²) in [5.74, 6) is 6.80. The van der Waals surface area contributed by atoms with Crippen LogP contribution in [0.3, 0.4) is 0 Å². The molecule has 0 bridgehead atoms. The number of hydrogen-bond acceptors (Lipinski definition) is 4. The van der Waals surface area contributed by atoms with Gasteiger partial charge in [-0.25, -0.2) is 0 Å². The molecule has 1 atom stereocenters. The normalized spacial score (nSPS) is 14.8. The molecular formula is C16H20N2OS. The average molecular weight is 288 g/mol. The number of nitrogens with one attached hydrogen (secondary N) is 1. The zero-order chi connectivity index (χ0) is 13.8. The van der Waals surface area contributed by atoms with Gasteiger partial charge in [0, 0.05) is 22.9 Å². The van der Waals surface area contributed by atoms with E-state index in [0.717, 1.165) is 38.0 Å². The number of para-hydroxylation sites is 1. The number of hydrogen-bond donors (Lipinski definition) is 2. The van der Waals surface area contributed by atoms with Gasteiger partial charge >= 0.3 is 0 Å². The molecule has 2 heterocycles. The Labute approximate surface area is 123 Å². The Morgan fingerprint density at radius 3 is 3.05 bits per heavy atom. The van der Waals surface area contributed by atoms with Crippen LogP contribution in [0.2, 0.25) is 0 Å². The minimum atomic E-state index is 0.169. The number of benzene rings is 1. The van der Waals surface area contributed by atoms with E-state index in [1.54, 1.807) is 0 Å². The van der Waals surface area contributed by atoms with Gasteiger partial charge in [-0.1, -0.05) is 24.3 Å². The topological polar surface area (TPSA) is 47.3 Å². The summed E-state index contributed by atoms with van der Waals surface area (Å²) in [6.07, 6.45) is 4.27. The molecule has 1 aromatic carbocycles. The van der Waals surface area contributed by atoms with Crippen molar-refractivity contribution in [1.29, 1.82) is 0 Å². The Hall–Kier alpha value is -1.36. The predicted molar refractivity (Wildman–Crippen MR) is 83.0 cm³/mol. The monoisotopic (exact) mass is 288 g/mol. The van der Waals surface area contributed by atoms with Crippen molar-refractivity contribution in [2.75, 3.05) is 6.61 Å². The lowest BCUT2D eigenvalue weighted by atomic mass is 9.98. The molecule has 0 saturated heterocycles. The van der Waals surface area contributed by atoms with Crippen LogP contribution in [0.25, 0.3) is 0 Å². The summed E-state index contributed by atoms with van der Waals surface area (Å²) in [7, 11) is 0. The van der Waals surface area contributed by atoms with E-state index in [1.165, 1.54) is 16.0 Å². The lowest BCUT2D eigenvalue weighted by Gasteiger charge is -2.18. The van der Waals surface area contributed by atoms with Crippen LogP contribution in [-0.4, -0.2) is 6.61 Å². The number of aryl methyl sites for hydroxylation is 1. The van der Waals surface area contributed by atoms with Crippen LogP contribution < -0.4 is 16.0 Å². The maximum atomic E-state index is 5.77. The van der Waals surface area contributed by atoms with Gasteiger partial charge in [-0.05, 0) is 36.3 Å². The van der Waals surface area contributed by atoms with Crippen molar-refractivity contribution in [3.8, 4) is 5.75 Å². The smallest absolute Gasteiger partial charge is 0.127 e. The molecule has 1 aromatic heterocycles. The zero-order valence-corrected chi connectivity index (χ0v) is 12.3. The van der Waals surface area contributed by atoms with Gasteiger partial charge in [0.05, 0.1) is 6.61 Å². The van der Waals surface area contributed by atoms with E-state index < -0.39 is 0 Å². The van der Waals surface area contributed by atoms with E-state index in [2.05, 4.69) is 41.1 Å². The van der Waals surface area contributed by atoms with Gasteiger partial charge in [-0.15, -0.1) is 11.3 Å². The molecule has 0 fully saturated rings. The molecule has 3 rings (SSSR count). The molecule has 1 aliphatic heterocycles. The van der Waals surface area contributed by atoms with Crippen molar-refractivity contribution in [2.45, 2.75) is 31.7 Å². The lowest BCUT2D eigenvalue weighted by molar-refractivity contribution is 0.346. The first-order valence-electron chi connectivity index (χ1n) is 7.11. The van der Waals surface area contributed by atoms with Crippen LogP contribution in [0.4, 0.5) is 0 Å². The summed E-state index contributed by atoms with van der Waals surface area (Å²) >= 11 is 1.82. The van der Waals surface area contributed by atoms with Crippen molar-refractivity contribution in [3.63, 3.8) is 0 Å². The third-order valence-corrected chi connectivity index (χ3v) is 4.75. The van der Waals surface area contributed by atoms with Crippen molar-refractivity contribution < 1.29 is 4.74 Å². The van der Waals surface area contributed by atoms with Crippen LogP contribution in [0.1, 0.15) is 34.9 Å². The fourth-order valence-corrected chi connectivity index (χ4v) is 3.53. The molecule has 0 amide bonds. The maximum absolute atomic E-state index is 5.77. The van der Waals surface area contributed by atoms with Crippen LogP contribution in [0.5, 0.6) is 5.75 Å². The van der Waals surface area contributed by atoms with Crippen LogP contribution in [0, 0.1) is 0 Å². The first-order valence-corrected chi connectivity index (χ1v) is 7.99. The summed E-state index contributed by atoms with van der Waals surface area (Å²) in [6, 6.07) is 10.8. The average Bonchev–Trinajstić information content (AvgIpc) is 3.14. The minimum Gasteiger partial charge on any atom is -0.493 e. The summed E-state index contributed by atoms with van der Waals surface area (Å²) in [6.45, 7) is 0.791. The second-order valence-electron chi connectivity index (χ2n) is 5.12. The molecular weight excluding hydrogens is 268 g/mol. The van der Waals surface area contributed by atoms with Gasteiger partial charge in [0.2, 0.25) is 0 Å². The summed E-state index contributed by atoms with van der Waals surface area (Å²) in [5, 5.41) is 2.13. The maximum Gasteiger partial charge on any atom is 0.127 e. The van der Waals surface area contributed by atoms with Crippen LogP contribution in [0.15, 0.2) is 35.7 Å². The molecule has 20 heavy (non-hydrogen) atoms. The molecule has 0 spiro atoms. The standard InChI is InChI=1S/C16H20N2OS/c17-18-15(8-2-5-13-6-3-11-20-13)14-7-1-4-12-9-10-19-16(12)14/h1,3-4,6-7,11,15,18H,2,5,8-10,17H2. The Balaban J connectivity index is 1.66. The number of fused-ring (bicyclic) bond motifs is 1. The van der Waals surface area contributed by atoms with E-state index in [4.69, 9.17) is 10.6 Å². The van der Waals surface area contributed by atoms with Gasteiger partial charge in [-0.2, -0.15) is 0 Å². The lowest BCUT2D eigenvalue weighted by Crippen LogP contribution is -2.28. The highest BCUT2D eigenvalue weighted by Crippen LogP contribution is 2.35. The first kappa shape index (κ1) is 13.6. The molecule has 1 unspecified atom stereocenters. The van der Waals surface area contributed by atoms with Gasteiger partial charge in [0.25, 0.3) is 0 Å². The molecule has 3 nitrogen and oxygen atoms in total. The second kappa shape index (κ2) is 6.39. The zero-order valence-electron chi connectivity index (χ0n) is 11.5. The molecule has 2 aromatic rings. The van der Waals surface area contributed by atoms with Crippen LogP contribution in [-0.2, 0) is 12.8 Å². The van der Waals surface area contributed by atoms with Gasteiger partial charge < -0.3 is 4.74 Å². The number of nitrogens with two attached hydrogens (primary N) is 1. The van der Waals surface area contributed by atoms with Gasteiger partial charge in [0.15, 0.2) is 0 Å². The van der Waals surface area contributed by atoms with Crippen molar-refractivity contribution in [2.24, 2.45) is 5.84 Å². The molecule has 1 aliphatic rings. The quantitative estimate of drug-likeness (QED) is 0.634. The number of thiophene rings is 1. The molecule has 4 heteroatoms. The van der Waals surface area contributed by atoms with E-state index in [-0.39, 0.29) is 6.04 Å². The van der Waals surface area contributed by atoms with E-state index >= 15 is 0 Å². The Morgan fingerprint density at radius 1 is 1.30 bits per heavy atom. The van der Waals surface area contributed by atoms with E-state index in [0.29, 0.717) is 0 Å². The minimum absolute atomic E-state index is 0.169. The highest BCUT2D eigenvalue weighted by atomic mass is 32.1. The van der Waals surface area contributed by atoms with E-state index in [9.17, 15) is 0 Å². The summed E-state index contributed by atoms with van der Waals surface area (Å²) in [5.41, 5.74) is 5.46. The molecule has 106 valence electrons. The first-order chi connectivity index (χ1) is 9.88. The highest BCUT2D eigenvalue weighted by Gasteiger charge is 2.21. The van der Waals surface area contributed by atoms with Crippen molar-refractivity contribution >= 4 is 11.3 Å². The fraction of sp³-hybridized carbons (Fsp3) is 0.375. The van der Waals surface area contributed by atoms with Crippen molar-refractivity contribution in [3.05, 3.63) is 51.7 Å². The Kier molecular flexibility index (Phi) is 4.35. The third kappa shape index (κ3) is 2.87. The molecule has 0 saturated carbocycles. The highest BCUT2D eigenvalue weighted by molar-refractivity contribution is 7.09. The van der Waals surface area contributed by atoms with Gasteiger partial charge in [-0.3, -0.25) is 11.3 Å². The van der Waals surface area contributed by atoms with Gasteiger partial charge in [0.1, 0.15) is 5.75 Å². The third-order valence-electron chi connectivity index (χ3n) is 3.82. The predicted octanol–water partition coefficient (Wildman–Crippen LogP) is 3.21.